The van der Waals surface area contributed by atoms with Gasteiger partial charge in [0.05, 0.1) is 0 Å². The van der Waals surface area contributed by atoms with E-state index in [0.29, 0.717) is 0 Å². The molecule has 1 saturated heterocycles. The molecule has 0 bridgehead atoms. The van der Waals surface area contributed by atoms with Gasteiger partial charge in [-0.3, -0.25) is 4.79 Å². The van der Waals surface area contributed by atoms with Crippen molar-refractivity contribution in [1.29, 1.82) is 0 Å². The smallest absolute Gasteiger partial charge is 0.254 e. The largest absolute Gasteiger partial charge is 0.332 e. The van der Waals surface area contributed by atoms with Gasteiger partial charge in [-0.1, -0.05) is 31.2 Å². The van der Waals surface area contributed by atoms with Crippen LogP contribution in [0.4, 0.5) is 0 Å². The molecule has 1 aliphatic heterocycles. The lowest BCUT2D eigenvalue weighted by molar-refractivity contribution is -0.126. The Balaban J connectivity index is 2.92. The number of carbonyl (C=O) groups is 1. The van der Waals surface area contributed by atoms with E-state index in [4.69, 9.17) is 0 Å². The number of likely N-dealkylation sites (tertiary alicyclic amines) is 1. The van der Waals surface area contributed by atoms with E-state index in [-0.39, 0.29) is 11.9 Å². The van der Waals surface area contributed by atoms with Crippen LogP contribution in [0.5, 0.6) is 0 Å². The maximum Gasteiger partial charge on any atom is 0.254 e. The predicted octanol–water partition coefficient (Wildman–Crippen LogP) is 3.08. The zero-order chi connectivity index (χ0) is 12.1. The molecule has 0 unspecified atom stereocenters. The highest BCUT2D eigenvalue weighted by Gasteiger charge is 2.30. The van der Waals surface area contributed by atoms with Crippen LogP contribution in [0.1, 0.15) is 34.1 Å². The molecule has 0 spiro atoms. The van der Waals surface area contributed by atoms with Crippen LogP contribution in [-0.4, -0.2) is 23.4 Å². The lowest BCUT2D eigenvalue weighted by Gasteiger charge is -2.19. The van der Waals surface area contributed by atoms with Crippen molar-refractivity contribution in [1.82, 2.24) is 4.90 Å². The number of nitrogens with zero attached hydrogens (tertiary/aromatic N) is 1. The van der Waals surface area contributed by atoms with Crippen LogP contribution in [0.3, 0.4) is 0 Å². The summed E-state index contributed by atoms with van der Waals surface area (Å²) in [5, 5.41) is 0. The van der Waals surface area contributed by atoms with Crippen LogP contribution < -0.4 is 0 Å². The second kappa shape index (κ2) is 5.69. The van der Waals surface area contributed by atoms with Crippen molar-refractivity contribution in [2.24, 2.45) is 0 Å². The van der Waals surface area contributed by atoms with Crippen molar-refractivity contribution in [3.8, 4) is 0 Å². The summed E-state index contributed by atoms with van der Waals surface area (Å²) < 4.78 is 0. The van der Waals surface area contributed by atoms with Gasteiger partial charge in [-0.2, -0.15) is 0 Å². The Morgan fingerprint density at radius 2 is 2.12 bits per heavy atom. The van der Waals surface area contributed by atoms with Crippen LogP contribution >= 0.6 is 0 Å². The summed E-state index contributed by atoms with van der Waals surface area (Å²) in [6.45, 7) is 8.87. The molecule has 0 radical (unpaired) electrons. The van der Waals surface area contributed by atoms with Crippen LogP contribution in [0, 0.1) is 0 Å². The minimum atomic E-state index is 0.161. The van der Waals surface area contributed by atoms with E-state index in [1.54, 1.807) is 0 Å². The van der Waals surface area contributed by atoms with Gasteiger partial charge < -0.3 is 4.90 Å². The van der Waals surface area contributed by atoms with Gasteiger partial charge >= 0.3 is 0 Å². The monoisotopic (exact) mass is 219 g/mol. The summed E-state index contributed by atoms with van der Waals surface area (Å²) in [4.78, 5) is 13.9. The summed E-state index contributed by atoms with van der Waals surface area (Å²) in [5.74, 6) is 0.161. The minimum absolute atomic E-state index is 0.161. The maximum absolute atomic E-state index is 12.0. The number of amides is 1. The number of rotatable bonds is 3. The van der Waals surface area contributed by atoms with Crippen molar-refractivity contribution in [3.63, 3.8) is 0 Å². The van der Waals surface area contributed by atoms with Crippen molar-refractivity contribution < 1.29 is 4.79 Å². The fourth-order valence-corrected chi connectivity index (χ4v) is 1.82. The van der Waals surface area contributed by atoms with Crippen molar-refractivity contribution in [2.75, 3.05) is 6.54 Å². The van der Waals surface area contributed by atoms with E-state index in [9.17, 15) is 4.79 Å². The zero-order valence-corrected chi connectivity index (χ0v) is 10.7. The van der Waals surface area contributed by atoms with Crippen LogP contribution in [0.15, 0.2) is 35.5 Å². The molecule has 0 aromatic heterocycles. The summed E-state index contributed by atoms with van der Waals surface area (Å²) in [6.07, 6.45) is 9.13. The Labute approximate surface area is 98.3 Å². The van der Waals surface area contributed by atoms with Crippen molar-refractivity contribution in [2.45, 2.75) is 40.2 Å². The molecule has 0 aromatic carbocycles. The molecule has 0 aromatic rings. The number of hydrogen-bond acceptors (Lipinski definition) is 1. The Hall–Kier alpha value is -1.31. The third-order valence-corrected chi connectivity index (χ3v) is 2.76. The number of carbonyl (C=O) groups excluding carboxylic acids is 1. The van der Waals surface area contributed by atoms with Gasteiger partial charge in [0.25, 0.3) is 5.91 Å². The standard InChI is InChI=1S/C14H21NO/c1-5-7-8-9-12-10-15(11(3)4)14(16)13(12)6-2/h6-9,11H,5,10H2,1-4H3/b8-7-,12-9-,13-6-. The second-order valence-electron chi connectivity index (χ2n) is 4.26. The van der Waals surface area contributed by atoms with Crippen molar-refractivity contribution in [3.05, 3.63) is 35.5 Å². The molecule has 2 heteroatoms. The Bertz CT molecular complexity index is 348. The molecule has 0 aliphatic carbocycles. The topological polar surface area (TPSA) is 20.3 Å². The van der Waals surface area contributed by atoms with Gasteiger partial charge in [-0.05, 0) is 32.8 Å². The first-order valence-electron chi connectivity index (χ1n) is 5.95. The molecular formula is C14H21NO. The van der Waals surface area contributed by atoms with E-state index in [0.717, 1.165) is 24.1 Å². The highest BCUT2D eigenvalue weighted by Crippen LogP contribution is 2.25. The minimum Gasteiger partial charge on any atom is -0.332 e. The Morgan fingerprint density at radius 1 is 1.44 bits per heavy atom. The van der Waals surface area contributed by atoms with E-state index in [1.807, 2.05) is 24.0 Å². The zero-order valence-electron chi connectivity index (χ0n) is 10.7. The molecule has 1 fully saturated rings. The first kappa shape index (κ1) is 12.8. The average Bonchev–Trinajstić information content (AvgIpc) is 2.55. The lowest BCUT2D eigenvalue weighted by Crippen LogP contribution is -2.32. The molecule has 88 valence electrons. The molecule has 0 atom stereocenters. The van der Waals surface area contributed by atoms with Gasteiger partial charge in [0.2, 0.25) is 0 Å². The fraction of sp³-hybridized carbons (Fsp3) is 0.500. The molecule has 2 nitrogen and oxygen atoms in total. The quantitative estimate of drug-likeness (QED) is 0.668. The maximum atomic E-state index is 12.0. The summed E-state index contributed by atoms with van der Waals surface area (Å²) in [5.41, 5.74) is 1.99. The highest BCUT2D eigenvalue weighted by atomic mass is 16.2. The van der Waals surface area contributed by atoms with Crippen LogP contribution in [0.25, 0.3) is 0 Å². The molecule has 1 aliphatic rings. The van der Waals surface area contributed by atoms with E-state index < -0.39 is 0 Å². The third kappa shape index (κ3) is 2.63. The Morgan fingerprint density at radius 3 is 2.62 bits per heavy atom. The van der Waals surface area contributed by atoms with Gasteiger partial charge in [0.1, 0.15) is 0 Å². The second-order valence-corrected chi connectivity index (χ2v) is 4.26. The van der Waals surface area contributed by atoms with E-state index >= 15 is 0 Å². The predicted molar refractivity (Wildman–Crippen MR) is 68.1 cm³/mol. The van der Waals surface area contributed by atoms with Gasteiger partial charge in [0, 0.05) is 18.2 Å². The highest BCUT2D eigenvalue weighted by molar-refractivity contribution is 6.01. The first-order valence-corrected chi connectivity index (χ1v) is 5.95. The molecule has 1 amide bonds. The molecule has 0 saturated carbocycles. The summed E-state index contributed by atoms with van der Waals surface area (Å²) in [6, 6.07) is 0.267. The van der Waals surface area contributed by atoms with Crippen LogP contribution in [0.2, 0.25) is 0 Å². The SMILES string of the molecule is C\C=C1/C(=O)N(C(C)C)C/C1=C/C=C\CC. The normalized spacial score (nSPS) is 22.3. The lowest BCUT2D eigenvalue weighted by atomic mass is 10.1. The first-order chi connectivity index (χ1) is 7.61. The van der Waals surface area contributed by atoms with E-state index in [1.165, 1.54) is 0 Å². The fourth-order valence-electron chi connectivity index (χ4n) is 1.82. The van der Waals surface area contributed by atoms with Gasteiger partial charge in [-0.15, -0.1) is 0 Å². The number of hydrogen-bond donors (Lipinski definition) is 0. The molecule has 16 heavy (non-hydrogen) atoms. The summed E-state index contributed by atoms with van der Waals surface area (Å²) >= 11 is 0. The molecular weight excluding hydrogens is 198 g/mol. The van der Waals surface area contributed by atoms with Gasteiger partial charge in [-0.25, -0.2) is 0 Å². The molecule has 1 heterocycles. The molecule has 1 rings (SSSR count). The van der Waals surface area contributed by atoms with Crippen LogP contribution in [-0.2, 0) is 4.79 Å². The molecule has 0 N–H and O–H groups in total. The average molecular weight is 219 g/mol. The van der Waals surface area contributed by atoms with Crippen molar-refractivity contribution >= 4 is 5.91 Å². The third-order valence-electron chi connectivity index (χ3n) is 2.76. The number of allylic oxidation sites excluding steroid dienone is 4. The summed E-state index contributed by atoms with van der Waals surface area (Å²) in [7, 11) is 0. The Kier molecular flexibility index (Phi) is 4.53. The van der Waals surface area contributed by atoms with E-state index in [2.05, 4.69) is 32.9 Å². The van der Waals surface area contributed by atoms with Gasteiger partial charge in [0.15, 0.2) is 0 Å².